The first-order valence-electron chi connectivity index (χ1n) is 11.0. The molecule has 1 aliphatic heterocycles. The molecule has 1 aliphatic carbocycles. The van der Waals surface area contributed by atoms with Crippen molar-refractivity contribution in [3.05, 3.63) is 53.3 Å². The highest BCUT2D eigenvalue weighted by Crippen LogP contribution is 2.28. The molecule has 1 aromatic heterocycles. The molecule has 3 amide bonds. The van der Waals surface area contributed by atoms with Gasteiger partial charge in [-0.2, -0.15) is 5.10 Å². The van der Waals surface area contributed by atoms with Gasteiger partial charge in [0.1, 0.15) is 11.2 Å². The summed E-state index contributed by atoms with van der Waals surface area (Å²) in [6.07, 6.45) is 4.17. The van der Waals surface area contributed by atoms with Crippen molar-refractivity contribution in [3.63, 3.8) is 0 Å². The molecule has 0 radical (unpaired) electrons. The molecule has 0 spiro atoms. The predicted molar refractivity (Wildman–Crippen MR) is 115 cm³/mol. The molecule has 31 heavy (non-hydrogen) atoms. The highest BCUT2D eigenvalue weighted by Gasteiger charge is 2.48. The molecule has 164 valence electrons. The summed E-state index contributed by atoms with van der Waals surface area (Å²) in [5.74, 6) is -0.794. The van der Waals surface area contributed by atoms with Gasteiger partial charge < -0.3 is 15.5 Å². The number of hydrogen-bond donors (Lipinski definition) is 2. The average molecular weight is 424 g/mol. The third-order valence-electron chi connectivity index (χ3n) is 6.32. The van der Waals surface area contributed by atoms with Crippen LogP contribution >= 0.6 is 0 Å². The Hall–Kier alpha value is -3.16. The molecule has 1 fully saturated rings. The lowest BCUT2D eigenvalue weighted by atomic mass is 9.94. The number of fused-ring (bicyclic) bond motifs is 1. The molecular weight excluding hydrogens is 394 g/mol. The van der Waals surface area contributed by atoms with Crippen LogP contribution in [0.2, 0.25) is 0 Å². The number of nitrogens with zero attached hydrogens (tertiary/aromatic N) is 3. The number of carbonyl (C=O) groups excluding carboxylic acids is 3. The quantitative estimate of drug-likeness (QED) is 0.744. The van der Waals surface area contributed by atoms with E-state index in [4.69, 9.17) is 0 Å². The van der Waals surface area contributed by atoms with Crippen molar-refractivity contribution in [1.29, 1.82) is 0 Å². The SMILES string of the molecule is CCN1C(=O)c2cc(C(=O)NCc3ccccc3)nn2C[C@@]1(C)C(=O)NC1CCCC1. The van der Waals surface area contributed by atoms with Gasteiger partial charge in [-0.05, 0) is 32.3 Å². The van der Waals surface area contributed by atoms with Gasteiger partial charge in [0.15, 0.2) is 5.69 Å². The third-order valence-corrected chi connectivity index (χ3v) is 6.32. The van der Waals surface area contributed by atoms with E-state index >= 15 is 0 Å². The Morgan fingerprint density at radius 2 is 1.90 bits per heavy atom. The molecule has 2 heterocycles. The lowest BCUT2D eigenvalue weighted by Crippen LogP contribution is -2.64. The van der Waals surface area contributed by atoms with E-state index in [1.54, 1.807) is 11.8 Å². The minimum Gasteiger partial charge on any atom is -0.351 e. The van der Waals surface area contributed by atoms with Crippen LogP contribution in [-0.4, -0.2) is 50.5 Å². The Labute approximate surface area is 182 Å². The smallest absolute Gasteiger partial charge is 0.273 e. The van der Waals surface area contributed by atoms with Crippen LogP contribution in [0.25, 0.3) is 0 Å². The predicted octanol–water partition coefficient (Wildman–Crippen LogP) is 2.11. The summed E-state index contributed by atoms with van der Waals surface area (Å²) in [7, 11) is 0. The number of aromatic nitrogens is 2. The fourth-order valence-electron chi connectivity index (χ4n) is 4.53. The lowest BCUT2D eigenvalue weighted by molar-refractivity contribution is -0.133. The molecule has 1 atom stereocenters. The van der Waals surface area contributed by atoms with Gasteiger partial charge in [0.2, 0.25) is 5.91 Å². The van der Waals surface area contributed by atoms with E-state index in [-0.39, 0.29) is 36.0 Å². The van der Waals surface area contributed by atoms with Crippen molar-refractivity contribution < 1.29 is 14.4 Å². The summed E-state index contributed by atoms with van der Waals surface area (Å²) in [6.45, 7) is 4.62. The Morgan fingerprint density at radius 3 is 2.58 bits per heavy atom. The van der Waals surface area contributed by atoms with Gasteiger partial charge in [-0.15, -0.1) is 0 Å². The summed E-state index contributed by atoms with van der Waals surface area (Å²) in [6, 6.07) is 11.3. The first kappa shape index (κ1) is 21.1. The second-order valence-corrected chi connectivity index (χ2v) is 8.52. The Balaban J connectivity index is 1.52. The zero-order chi connectivity index (χ0) is 22.0. The number of benzene rings is 1. The van der Waals surface area contributed by atoms with E-state index < -0.39 is 5.54 Å². The maximum absolute atomic E-state index is 13.2. The number of nitrogens with one attached hydrogen (secondary N) is 2. The van der Waals surface area contributed by atoms with Crippen molar-refractivity contribution in [2.24, 2.45) is 0 Å². The van der Waals surface area contributed by atoms with Crippen LogP contribution in [-0.2, 0) is 17.9 Å². The van der Waals surface area contributed by atoms with Crippen LogP contribution in [0.1, 0.15) is 66.1 Å². The molecule has 4 rings (SSSR count). The highest BCUT2D eigenvalue weighted by atomic mass is 16.2. The molecule has 0 saturated heterocycles. The molecule has 2 aromatic rings. The number of rotatable bonds is 6. The van der Waals surface area contributed by atoms with E-state index in [1.807, 2.05) is 37.3 Å². The number of amides is 3. The number of likely N-dealkylation sites (N-methyl/N-ethyl adjacent to an activating group) is 1. The number of hydrogen-bond acceptors (Lipinski definition) is 4. The maximum atomic E-state index is 13.2. The zero-order valence-corrected chi connectivity index (χ0v) is 18.1. The highest BCUT2D eigenvalue weighted by molar-refractivity contribution is 6.01. The Morgan fingerprint density at radius 1 is 1.19 bits per heavy atom. The fourth-order valence-corrected chi connectivity index (χ4v) is 4.53. The molecular formula is C23H29N5O3. The zero-order valence-electron chi connectivity index (χ0n) is 18.1. The molecule has 2 aliphatic rings. The summed E-state index contributed by atoms with van der Waals surface area (Å²) >= 11 is 0. The first-order chi connectivity index (χ1) is 14.9. The molecule has 8 nitrogen and oxygen atoms in total. The van der Waals surface area contributed by atoms with Crippen LogP contribution < -0.4 is 10.6 Å². The summed E-state index contributed by atoms with van der Waals surface area (Å²) in [4.78, 5) is 40.6. The Bertz CT molecular complexity index is 980. The largest absolute Gasteiger partial charge is 0.351 e. The summed E-state index contributed by atoms with van der Waals surface area (Å²) < 4.78 is 1.50. The average Bonchev–Trinajstić information content (AvgIpc) is 3.43. The molecule has 1 saturated carbocycles. The van der Waals surface area contributed by atoms with Gasteiger partial charge in [0.25, 0.3) is 11.8 Å². The van der Waals surface area contributed by atoms with Crippen LogP contribution in [0.5, 0.6) is 0 Å². The van der Waals surface area contributed by atoms with Gasteiger partial charge >= 0.3 is 0 Å². The van der Waals surface area contributed by atoms with E-state index in [9.17, 15) is 14.4 Å². The monoisotopic (exact) mass is 423 g/mol. The van der Waals surface area contributed by atoms with Gasteiger partial charge in [0.05, 0.1) is 6.54 Å². The summed E-state index contributed by atoms with van der Waals surface area (Å²) in [5, 5.41) is 10.3. The van der Waals surface area contributed by atoms with Crippen LogP contribution in [0.3, 0.4) is 0 Å². The van der Waals surface area contributed by atoms with Crippen LogP contribution in [0, 0.1) is 0 Å². The van der Waals surface area contributed by atoms with Gasteiger partial charge in [-0.3, -0.25) is 19.1 Å². The van der Waals surface area contributed by atoms with Gasteiger partial charge in [-0.1, -0.05) is 43.2 Å². The number of carbonyl (C=O) groups is 3. The maximum Gasteiger partial charge on any atom is 0.273 e. The Kier molecular flexibility index (Phi) is 5.80. The molecule has 0 bridgehead atoms. The standard InChI is InChI=1S/C23H29N5O3/c1-3-27-21(30)19-13-18(20(29)24-14-16-9-5-4-6-10-16)26-28(19)15-23(27,2)22(31)25-17-11-7-8-12-17/h4-6,9-10,13,17H,3,7-8,11-12,14-15H2,1-2H3,(H,24,29)(H,25,31)/t23-/m0/s1. The second-order valence-electron chi connectivity index (χ2n) is 8.52. The van der Waals surface area contributed by atoms with Gasteiger partial charge in [-0.25, -0.2) is 0 Å². The second kappa shape index (κ2) is 8.53. The molecule has 8 heteroatoms. The van der Waals surface area contributed by atoms with Crippen LogP contribution in [0.15, 0.2) is 36.4 Å². The van der Waals surface area contributed by atoms with Crippen molar-refractivity contribution in [3.8, 4) is 0 Å². The van der Waals surface area contributed by atoms with Crippen molar-refractivity contribution >= 4 is 17.7 Å². The minimum absolute atomic E-state index is 0.161. The van der Waals surface area contributed by atoms with E-state index in [0.717, 1.165) is 31.2 Å². The molecule has 1 aromatic carbocycles. The third kappa shape index (κ3) is 4.06. The van der Waals surface area contributed by atoms with Crippen LogP contribution in [0.4, 0.5) is 0 Å². The topological polar surface area (TPSA) is 96.3 Å². The van der Waals surface area contributed by atoms with Crippen molar-refractivity contribution in [1.82, 2.24) is 25.3 Å². The van der Waals surface area contributed by atoms with E-state index in [2.05, 4.69) is 15.7 Å². The summed E-state index contributed by atoms with van der Waals surface area (Å²) in [5.41, 5.74) is 0.434. The van der Waals surface area contributed by atoms with E-state index in [1.165, 1.54) is 10.7 Å². The minimum atomic E-state index is -1.05. The van der Waals surface area contributed by atoms with E-state index in [0.29, 0.717) is 18.8 Å². The van der Waals surface area contributed by atoms with Gasteiger partial charge in [0, 0.05) is 25.2 Å². The van der Waals surface area contributed by atoms with Crippen molar-refractivity contribution in [2.45, 2.75) is 64.2 Å². The lowest BCUT2D eigenvalue weighted by Gasteiger charge is -2.43. The normalized spacial score (nSPS) is 21.1. The molecule has 0 unspecified atom stereocenters. The molecule has 2 N–H and O–H groups in total. The fraction of sp³-hybridized carbons (Fsp3) is 0.478. The first-order valence-corrected chi connectivity index (χ1v) is 11.0. The van der Waals surface area contributed by atoms with Crippen molar-refractivity contribution in [2.75, 3.05) is 6.54 Å².